The summed E-state index contributed by atoms with van der Waals surface area (Å²) < 4.78 is 15.7. The lowest BCUT2D eigenvalue weighted by molar-refractivity contribution is 0.630. The summed E-state index contributed by atoms with van der Waals surface area (Å²) >= 11 is 5.72. The predicted octanol–water partition coefficient (Wildman–Crippen LogP) is 4.14. The third kappa shape index (κ3) is 2.82. The molecule has 1 aromatic heterocycles. The van der Waals surface area contributed by atoms with Gasteiger partial charge >= 0.3 is 0 Å². The van der Waals surface area contributed by atoms with Gasteiger partial charge in [-0.3, -0.25) is 0 Å². The van der Waals surface area contributed by atoms with Gasteiger partial charge < -0.3 is 9.88 Å². The molecule has 0 spiro atoms. The average molecular weight is 268 g/mol. The molecule has 3 nitrogen and oxygen atoms in total. The summed E-state index contributed by atoms with van der Waals surface area (Å²) in [6.07, 6.45) is 2.94. The van der Waals surface area contributed by atoms with E-state index in [9.17, 15) is 4.39 Å². The maximum Gasteiger partial charge on any atom is 0.207 e. The molecule has 2 aromatic rings. The quantitative estimate of drug-likeness (QED) is 0.902. The van der Waals surface area contributed by atoms with Crippen molar-refractivity contribution >= 4 is 23.2 Å². The lowest BCUT2D eigenvalue weighted by Crippen LogP contribution is -2.03. The molecule has 0 unspecified atom stereocenters. The van der Waals surface area contributed by atoms with Crippen LogP contribution in [0.2, 0.25) is 5.02 Å². The molecular formula is C13H15ClFN3. The second kappa shape index (κ2) is 5.40. The number of halogens is 2. The fourth-order valence-electron chi connectivity index (χ4n) is 1.77. The molecule has 0 bridgehead atoms. The van der Waals surface area contributed by atoms with Crippen molar-refractivity contribution in [1.29, 1.82) is 0 Å². The summed E-state index contributed by atoms with van der Waals surface area (Å²) in [4.78, 5) is 4.34. The van der Waals surface area contributed by atoms with E-state index in [1.165, 1.54) is 6.07 Å². The number of hydrogen-bond acceptors (Lipinski definition) is 2. The van der Waals surface area contributed by atoms with Crippen LogP contribution in [0.4, 0.5) is 16.0 Å². The molecule has 18 heavy (non-hydrogen) atoms. The Morgan fingerprint density at radius 3 is 2.89 bits per heavy atom. The van der Waals surface area contributed by atoms with Gasteiger partial charge in [-0.1, -0.05) is 18.5 Å². The Bertz CT molecular complexity index is 551. The number of benzene rings is 1. The highest BCUT2D eigenvalue weighted by molar-refractivity contribution is 6.30. The van der Waals surface area contributed by atoms with Crippen LogP contribution in [0.5, 0.6) is 0 Å². The van der Waals surface area contributed by atoms with E-state index >= 15 is 0 Å². The van der Waals surface area contributed by atoms with Gasteiger partial charge in [-0.15, -0.1) is 0 Å². The van der Waals surface area contributed by atoms with Crippen molar-refractivity contribution in [2.24, 2.45) is 0 Å². The minimum Gasteiger partial charge on any atom is -0.323 e. The van der Waals surface area contributed by atoms with Gasteiger partial charge in [0.25, 0.3) is 0 Å². The maximum atomic E-state index is 13.7. The highest BCUT2D eigenvalue weighted by Crippen LogP contribution is 2.22. The van der Waals surface area contributed by atoms with Crippen molar-refractivity contribution in [3.05, 3.63) is 40.9 Å². The van der Waals surface area contributed by atoms with Crippen LogP contribution >= 0.6 is 11.6 Å². The Hall–Kier alpha value is -1.55. The van der Waals surface area contributed by atoms with Crippen LogP contribution in [0.15, 0.2) is 24.4 Å². The Morgan fingerprint density at radius 1 is 1.44 bits per heavy atom. The first-order valence-corrected chi connectivity index (χ1v) is 6.23. The van der Waals surface area contributed by atoms with Crippen LogP contribution in [0.25, 0.3) is 0 Å². The van der Waals surface area contributed by atoms with Crippen LogP contribution in [-0.4, -0.2) is 9.55 Å². The van der Waals surface area contributed by atoms with Gasteiger partial charge in [0.2, 0.25) is 5.95 Å². The fourth-order valence-corrected chi connectivity index (χ4v) is 1.93. The number of nitrogens with one attached hydrogen (secondary N) is 1. The van der Waals surface area contributed by atoms with Gasteiger partial charge in [0.05, 0.1) is 11.4 Å². The van der Waals surface area contributed by atoms with E-state index in [-0.39, 0.29) is 5.82 Å². The van der Waals surface area contributed by atoms with E-state index in [4.69, 9.17) is 11.6 Å². The van der Waals surface area contributed by atoms with E-state index < -0.39 is 0 Å². The molecule has 0 radical (unpaired) electrons. The number of rotatable bonds is 4. The molecular weight excluding hydrogens is 253 g/mol. The number of aromatic nitrogens is 2. The van der Waals surface area contributed by atoms with Gasteiger partial charge in [0.1, 0.15) is 5.82 Å². The highest BCUT2D eigenvalue weighted by Gasteiger charge is 2.08. The van der Waals surface area contributed by atoms with E-state index in [0.29, 0.717) is 16.7 Å². The largest absolute Gasteiger partial charge is 0.323 e. The first-order chi connectivity index (χ1) is 8.60. The molecule has 0 saturated carbocycles. The van der Waals surface area contributed by atoms with Crippen LogP contribution in [-0.2, 0) is 6.54 Å². The number of imidazole rings is 1. The molecule has 0 fully saturated rings. The Morgan fingerprint density at radius 2 is 2.22 bits per heavy atom. The molecule has 2 rings (SSSR count). The molecule has 0 aliphatic heterocycles. The topological polar surface area (TPSA) is 29.9 Å². The summed E-state index contributed by atoms with van der Waals surface area (Å²) in [5, 5.41) is 3.37. The zero-order valence-corrected chi connectivity index (χ0v) is 11.1. The Balaban J connectivity index is 2.27. The van der Waals surface area contributed by atoms with Crippen LogP contribution in [0.1, 0.15) is 19.0 Å². The summed E-state index contributed by atoms with van der Waals surface area (Å²) in [6.45, 7) is 4.84. The Labute approximate surface area is 111 Å². The monoisotopic (exact) mass is 267 g/mol. The van der Waals surface area contributed by atoms with E-state index in [0.717, 1.165) is 18.7 Å². The lowest BCUT2D eigenvalue weighted by atomic mass is 10.3. The minimum atomic E-state index is -0.383. The van der Waals surface area contributed by atoms with E-state index in [2.05, 4.69) is 17.2 Å². The average Bonchev–Trinajstić information content (AvgIpc) is 2.64. The first kappa shape index (κ1) is 12.9. The normalized spacial score (nSPS) is 10.7. The number of anilines is 2. The molecule has 1 heterocycles. The van der Waals surface area contributed by atoms with Crippen LogP contribution in [0.3, 0.4) is 0 Å². The highest BCUT2D eigenvalue weighted by atomic mass is 35.5. The molecule has 1 aromatic carbocycles. The molecule has 5 heteroatoms. The minimum absolute atomic E-state index is 0.377. The number of hydrogen-bond donors (Lipinski definition) is 1. The van der Waals surface area contributed by atoms with Gasteiger partial charge in [0.15, 0.2) is 0 Å². The van der Waals surface area contributed by atoms with Gasteiger partial charge in [-0.25, -0.2) is 9.37 Å². The van der Waals surface area contributed by atoms with Crippen LogP contribution in [0, 0.1) is 12.7 Å². The van der Waals surface area contributed by atoms with Gasteiger partial charge in [-0.05, 0) is 31.5 Å². The zero-order valence-electron chi connectivity index (χ0n) is 10.4. The van der Waals surface area contributed by atoms with Gasteiger partial charge in [0, 0.05) is 17.8 Å². The number of aryl methyl sites for hydroxylation is 2. The molecule has 96 valence electrons. The fraction of sp³-hybridized carbons (Fsp3) is 0.308. The summed E-state index contributed by atoms with van der Waals surface area (Å²) in [5.41, 5.74) is 1.28. The van der Waals surface area contributed by atoms with Crippen LogP contribution < -0.4 is 5.32 Å². The molecule has 1 N–H and O–H groups in total. The third-order valence-corrected chi connectivity index (χ3v) is 2.77. The molecule has 0 aliphatic rings. The predicted molar refractivity (Wildman–Crippen MR) is 71.9 cm³/mol. The molecule has 0 atom stereocenters. The van der Waals surface area contributed by atoms with Gasteiger partial charge in [-0.2, -0.15) is 0 Å². The van der Waals surface area contributed by atoms with Crippen molar-refractivity contribution in [3.63, 3.8) is 0 Å². The SMILES string of the molecule is CCCn1cc(C)nc1Nc1ccc(Cl)cc1F. The second-order valence-electron chi connectivity index (χ2n) is 4.15. The first-order valence-electron chi connectivity index (χ1n) is 5.86. The second-order valence-corrected chi connectivity index (χ2v) is 4.58. The van der Waals surface area contributed by atoms with Crippen molar-refractivity contribution in [3.8, 4) is 0 Å². The molecule has 0 amide bonds. The third-order valence-electron chi connectivity index (χ3n) is 2.54. The summed E-state index contributed by atoms with van der Waals surface area (Å²) in [5.74, 6) is 0.266. The lowest BCUT2D eigenvalue weighted by Gasteiger charge is -2.09. The number of nitrogens with zero attached hydrogens (tertiary/aromatic N) is 2. The van der Waals surface area contributed by atoms with E-state index in [1.807, 2.05) is 17.7 Å². The van der Waals surface area contributed by atoms with E-state index in [1.54, 1.807) is 12.1 Å². The standard InChI is InChI=1S/C13H15ClFN3/c1-3-6-18-8-9(2)16-13(18)17-12-5-4-10(14)7-11(12)15/h4-5,7-8H,3,6H2,1-2H3,(H,16,17). The summed E-state index contributed by atoms with van der Waals surface area (Å²) in [6, 6.07) is 4.54. The maximum absolute atomic E-state index is 13.7. The molecule has 0 aliphatic carbocycles. The summed E-state index contributed by atoms with van der Waals surface area (Å²) in [7, 11) is 0. The van der Waals surface area contributed by atoms with Crippen molar-refractivity contribution < 1.29 is 4.39 Å². The smallest absolute Gasteiger partial charge is 0.207 e. The zero-order chi connectivity index (χ0) is 13.1. The Kier molecular flexibility index (Phi) is 3.87. The van der Waals surface area contributed by atoms with Crippen molar-refractivity contribution in [2.45, 2.75) is 26.8 Å². The van der Waals surface area contributed by atoms with Crippen molar-refractivity contribution in [1.82, 2.24) is 9.55 Å². The van der Waals surface area contributed by atoms with Crippen molar-refractivity contribution in [2.75, 3.05) is 5.32 Å². The molecule has 0 saturated heterocycles.